The highest BCUT2D eigenvalue weighted by Gasteiger charge is 2.52. The van der Waals surface area contributed by atoms with E-state index in [9.17, 15) is 14.7 Å². The molecule has 1 fully saturated rings. The normalized spacial score (nSPS) is 22.1. The topological polar surface area (TPSA) is 91.6 Å². The number of phenolic OH excluding ortho intramolecular Hbond substituents is 1. The molecule has 0 saturated carbocycles. The maximum atomic E-state index is 12.2. The van der Waals surface area contributed by atoms with Gasteiger partial charge in [0.1, 0.15) is 11.5 Å². The van der Waals surface area contributed by atoms with E-state index in [0.29, 0.717) is 0 Å². The van der Waals surface area contributed by atoms with Crippen LogP contribution in [0.5, 0.6) is 5.75 Å². The molecule has 6 heteroatoms. The second-order valence-corrected chi connectivity index (χ2v) is 4.15. The highest BCUT2D eigenvalue weighted by Crippen LogP contribution is 2.37. The van der Waals surface area contributed by atoms with Crippen molar-refractivity contribution in [2.45, 2.75) is 5.54 Å². The number of para-hydroxylation sites is 1. The van der Waals surface area contributed by atoms with Crippen LogP contribution in [0.2, 0.25) is 0 Å². The van der Waals surface area contributed by atoms with Crippen LogP contribution in [-0.2, 0) is 10.3 Å². The van der Waals surface area contributed by atoms with Crippen molar-refractivity contribution in [2.24, 2.45) is 0 Å². The van der Waals surface area contributed by atoms with Crippen LogP contribution in [0.1, 0.15) is 11.3 Å². The van der Waals surface area contributed by atoms with Gasteiger partial charge in [0.05, 0.1) is 6.26 Å². The Bertz CT molecular complexity index is 650. The van der Waals surface area contributed by atoms with Gasteiger partial charge in [-0.05, 0) is 18.2 Å². The molecule has 0 spiro atoms. The van der Waals surface area contributed by atoms with Crippen LogP contribution in [0, 0.1) is 0 Å². The standard InChI is InChI=1S/C13H10N2O4/c16-9-5-2-1-4-8(9)13(10-6-3-7-19-10)11(17)14-12(18)15-13/h1-7,16H,(H2,14,15,17,18). The molecule has 2 aromatic rings. The fraction of sp³-hybridized carbons (Fsp3) is 0.0769. The number of furan rings is 1. The molecule has 1 unspecified atom stereocenters. The van der Waals surface area contributed by atoms with Gasteiger partial charge in [0, 0.05) is 5.56 Å². The van der Waals surface area contributed by atoms with E-state index in [1.807, 2.05) is 0 Å². The van der Waals surface area contributed by atoms with E-state index in [-0.39, 0.29) is 17.1 Å². The number of hydrogen-bond donors (Lipinski definition) is 3. The molecule has 3 amide bonds. The third-order valence-electron chi connectivity index (χ3n) is 3.07. The molecule has 1 aromatic heterocycles. The highest BCUT2D eigenvalue weighted by atomic mass is 16.3. The summed E-state index contributed by atoms with van der Waals surface area (Å²) in [6.45, 7) is 0. The van der Waals surface area contributed by atoms with E-state index in [2.05, 4.69) is 10.6 Å². The van der Waals surface area contributed by atoms with Crippen molar-refractivity contribution in [2.75, 3.05) is 0 Å². The van der Waals surface area contributed by atoms with Crippen molar-refractivity contribution in [3.05, 3.63) is 54.0 Å². The molecule has 96 valence electrons. The smallest absolute Gasteiger partial charge is 0.322 e. The zero-order chi connectivity index (χ0) is 13.5. The predicted octanol–water partition coefficient (Wildman–Crippen LogP) is 1.07. The molecule has 1 saturated heterocycles. The minimum Gasteiger partial charge on any atom is -0.508 e. The molecule has 1 atom stereocenters. The fourth-order valence-corrected chi connectivity index (χ4v) is 2.23. The number of phenols is 1. The van der Waals surface area contributed by atoms with Crippen LogP contribution in [0.3, 0.4) is 0 Å². The van der Waals surface area contributed by atoms with Crippen molar-refractivity contribution in [3.8, 4) is 5.75 Å². The molecule has 1 aromatic carbocycles. The molecule has 3 N–H and O–H groups in total. The second kappa shape index (κ2) is 3.88. The maximum Gasteiger partial charge on any atom is 0.322 e. The fourth-order valence-electron chi connectivity index (χ4n) is 2.23. The second-order valence-electron chi connectivity index (χ2n) is 4.15. The molecular formula is C13H10N2O4. The Labute approximate surface area is 108 Å². The minimum atomic E-state index is -1.54. The quantitative estimate of drug-likeness (QED) is 0.702. The Morgan fingerprint density at radius 2 is 1.89 bits per heavy atom. The van der Waals surface area contributed by atoms with E-state index in [1.54, 1.807) is 30.3 Å². The number of benzene rings is 1. The van der Waals surface area contributed by atoms with Crippen molar-refractivity contribution >= 4 is 11.9 Å². The Morgan fingerprint density at radius 1 is 1.11 bits per heavy atom. The lowest BCUT2D eigenvalue weighted by Gasteiger charge is -2.24. The van der Waals surface area contributed by atoms with Crippen molar-refractivity contribution in [3.63, 3.8) is 0 Å². The maximum absolute atomic E-state index is 12.2. The summed E-state index contributed by atoms with van der Waals surface area (Å²) in [6.07, 6.45) is 1.40. The monoisotopic (exact) mass is 258 g/mol. The van der Waals surface area contributed by atoms with Crippen molar-refractivity contribution < 1.29 is 19.1 Å². The molecule has 2 heterocycles. The van der Waals surface area contributed by atoms with E-state index in [4.69, 9.17) is 4.42 Å². The lowest BCUT2D eigenvalue weighted by atomic mass is 9.86. The lowest BCUT2D eigenvalue weighted by molar-refractivity contribution is -0.123. The van der Waals surface area contributed by atoms with Gasteiger partial charge in [0.25, 0.3) is 5.91 Å². The molecule has 0 aliphatic carbocycles. The minimum absolute atomic E-state index is 0.101. The molecule has 1 aliphatic rings. The zero-order valence-electron chi connectivity index (χ0n) is 9.71. The Hall–Kier alpha value is -2.76. The van der Waals surface area contributed by atoms with Gasteiger partial charge >= 0.3 is 6.03 Å². The summed E-state index contributed by atoms with van der Waals surface area (Å²) < 4.78 is 5.26. The number of imide groups is 1. The summed E-state index contributed by atoms with van der Waals surface area (Å²) in [5.74, 6) is -0.456. The van der Waals surface area contributed by atoms with Gasteiger partial charge < -0.3 is 14.8 Å². The van der Waals surface area contributed by atoms with E-state index < -0.39 is 17.5 Å². The van der Waals surface area contributed by atoms with Gasteiger partial charge in [-0.25, -0.2) is 4.79 Å². The van der Waals surface area contributed by atoms with Crippen LogP contribution in [0.25, 0.3) is 0 Å². The first-order valence-corrected chi connectivity index (χ1v) is 5.60. The predicted molar refractivity (Wildman–Crippen MR) is 64.3 cm³/mol. The number of carbonyl (C=O) groups excluding carboxylic acids is 2. The van der Waals surface area contributed by atoms with Crippen LogP contribution in [0.4, 0.5) is 4.79 Å². The third kappa shape index (κ3) is 1.50. The van der Waals surface area contributed by atoms with Gasteiger partial charge in [-0.15, -0.1) is 0 Å². The molecule has 0 bridgehead atoms. The molecule has 6 nitrogen and oxygen atoms in total. The first kappa shape index (κ1) is 11.3. The van der Waals surface area contributed by atoms with Crippen molar-refractivity contribution in [1.29, 1.82) is 0 Å². The SMILES string of the molecule is O=C1NC(=O)C(c2ccco2)(c2ccccc2O)N1. The number of rotatable bonds is 2. The Balaban J connectivity index is 2.27. The summed E-state index contributed by atoms with van der Waals surface area (Å²) in [6, 6.07) is 8.83. The van der Waals surface area contributed by atoms with Crippen LogP contribution >= 0.6 is 0 Å². The average Bonchev–Trinajstić information content (AvgIpc) is 2.98. The van der Waals surface area contributed by atoms with Gasteiger partial charge in [-0.1, -0.05) is 18.2 Å². The first-order chi connectivity index (χ1) is 9.14. The highest BCUT2D eigenvalue weighted by molar-refractivity contribution is 6.09. The van der Waals surface area contributed by atoms with Gasteiger partial charge in [-0.3, -0.25) is 10.1 Å². The summed E-state index contributed by atoms with van der Waals surface area (Å²) in [7, 11) is 0. The molecule has 19 heavy (non-hydrogen) atoms. The van der Waals surface area contributed by atoms with Crippen LogP contribution in [-0.4, -0.2) is 17.0 Å². The molecule has 3 rings (SSSR count). The Kier molecular flexibility index (Phi) is 2.31. The third-order valence-corrected chi connectivity index (χ3v) is 3.07. The van der Waals surface area contributed by atoms with E-state index >= 15 is 0 Å². The average molecular weight is 258 g/mol. The molecule has 1 aliphatic heterocycles. The first-order valence-electron chi connectivity index (χ1n) is 5.60. The summed E-state index contributed by atoms with van der Waals surface area (Å²) in [5, 5.41) is 14.7. The zero-order valence-corrected chi connectivity index (χ0v) is 9.71. The number of hydrogen-bond acceptors (Lipinski definition) is 4. The van der Waals surface area contributed by atoms with Gasteiger partial charge in [0.15, 0.2) is 0 Å². The van der Waals surface area contributed by atoms with Gasteiger partial charge in [0.2, 0.25) is 5.54 Å². The Morgan fingerprint density at radius 3 is 2.47 bits per heavy atom. The number of carbonyl (C=O) groups is 2. The summed E-state index contributed by atoms with van der Waals surface area (Å²) in [5.41, 5.74) is -1.28. The van der Waals surface area contributed by atoms with E-state index in [0.717, 1.165) is 0 Å². The summed E-state index contributed by atoms with van der Waals surface area (Å²) in [4.78, 5) is 23.7. The van der Waals surface area contributed by atoms with Crippen LogP contribution < -0.4 is 10.6 Å². The number of aromatic hydroxyl groups is 1. The number of urea groups is 1. The number of nitrogens with one attached hydrogen (secondary N) is 2. The van der Waals surface area contributed by atoms with Crippen LogP contribution in [0.15, 0.2) is 47.1 Å². The summed E-state index contributed by atoms with van der Waals surface area (Å²) >= 11 is 0. The molecule has 0 radical (unpaired) electrons. The largest absolute Gasteiger partial charge is 0.508 e. The van der Waals surface area contributed by atoms with Crippen molar-refractivity contribution in [1.82, 2.24) is 10.6 Å². The van der Waals surface area contributed by atoms with E-state index in [1.165, 1.54) is 12.3 Å². The number of amides is 3. The molecular weight excluding hydrogens is 248 g/mol. The van der Waals surface area contributed by atoms with Gasteiger partial charge in [-0.2, -0.15) is 0 Å². The lowest BCUT2D eigenvalue weighted by Crippen LogP contribution is -2.44.